The van der Waals surface area contributed by atoms with Crippen molar-refractivity contribution in [1.82, 2.24) is 0 Å². The third-order valence-corrected chi connectivity index (χ3v) is 5.26. The number of hydrogen-bond donors (Lipinski definition) is 1. The molecule has 0 heterocycles. The molecule has 1 amide bonds. The van der Waals surface area contributed by atoms with Gasteiger partial charge in [-0.05, 0) is 73.6 Å². The minimum atomic E-state index is -2.50. The van der Waals surface area contributed by atoms with Crippen LogP contribution in [0.15, 0.2) is 18.2 Å². The van der Waals surface area contributed by atoms with Crippen molar-refractivity contribution in [3.8, 4) is 5.75 Å². The Labute approximate surface area is 146 Å². The van der Waals surface area contributed by atoms with Gasteiger partial charge in [0, 0.05) is 5.56 Å². The van der Waals surface area contributed by atoms with Gasteiger partial charge in [0.25, 0.3) is 6.43 Å². The summed E-state index contributed by atoms with van der Waals surface area (Å²) >= 11 is 0. The van der Waals surface area contributed by atoms with Crippen molar-refractivity contribution in [3.63, 3.8) is 0 Å². The van der Waals surface area contributed by atoms with Crippen LogP contribution in [0.4, 0.5) is 13.6 Å². The Kier molecular flexibility index (Phi) is 5.45. The van der Waals surface area contributed by atoms with Gasteiger partial charge < -0.3 is 15.2 Å². The lowest BCUT2D eigenvalue weighted by Crippen LogP contribution is -2.31. The molecule has 2 aliphatic rings. The molecular formula is C19H25F2NO3. The largest absolute Gasteiger partial charge is 0.493 e. The van der Waals surface area contributed by atoms with E-state index in [1.807, 2.05) is 0 Å². The normalized spacial score (nSPS) is 26.5. The Balaban J connectivity index is 1.78. The average molecular weight is 353 g/mol. The highest BCUT2D eigenvalue weighted by Crippen LogP contribution is 2.43. The van der Waals surface area contributed by atoms with E-state index in [0.29, 0.717) is 31.1 Å². The van der Waals surface area contributed by atoms with Crippen LogP contribution in [0.1, 0.15) is 62.5 Å². The van der Waals surface area contributed by atoms with Crippen molar-refractivity contribution < 1.29 is 23.0 Å². The lowest BCUT2D eigenvalue weighted by atomic mass is 9.74. The molecule has 0 spiro atoms. The molecule has 3 unspecified atom stereocenters. The maximum atomic E-state index is 13.2. The first-order valence-electron chi connectivity index (χ1n) is 8.95. The maximum Gasteiger partial charge on any atom is 0.404 e. The predicted octanol–water partition coefficient (Wildman–Crippen LogP) is 4.78. The number of halogens is 2. The first kappa shape index (κ1) is 18.0. The zero-order valence-electron chi connectivity index (χ0n) is 14.4. The molecule has 2 aliphatic carbocycles. The number of nitrogens with two attached hydrogens (primary N) is 1. The van der Waals surface area contributed by atoms with Crippen molar-refractivity contribution in [3.05, 3.63) is 29.3 Å². The second-order valence-electron chi connectivity index (χ2n) is 7.31. The molecule has 1 aromatic rings. The van der Waals surface area contributed by atoms with Gasteiger partial charge in [-0.3, -0.25) is 0 Å². The van der Waals surface area contributed by atoms with Gasteiger partial charge in [-0.15, -0.1) is 0 Å². The molecule has 3 atom stereocenters. The van der Waals surface area contributed by atoms with E-state index in [9.17, 15) is 13.6 Å². The van der Waals surface area contributed by atoms with E-state index in [2.05, 4.69) is 6.92 Å². The zero-order chi connectivity index (χ0) is 18.0. The summed E-state index contributed by atoms with van der Waals surface area (Å²) in [7, 11) is 0. The molecule has 0 saturated heterocycles. The summed E-state index contributed by atoms with van der Waals surface area (Å²) in [6.07, 6.45) is 1.01. The predicted molar refractivity (Wildman–Crippen MR) is 89.8 cm³/mol. The molecule has 2 saturated carbocycles. The second kappa shape index (κ2) is 7.58. The minimum Gasteiger partial charge on any atom is -0.493 e. The number of amides is 1. The standard InChI is InChI=1S/C19H25F2NO3/c1-11-8-14(25-19(22)23)5-6-15(11)16-9-13(18(20)21)4-7-17(16)24-10-12-2-3-12/h4,7,9,11-12,14-15,18H,2-3,5-6,8,10H2,1H3,(H2,22,23). The van der Waals surface area contributed by atoms with E-state index < -0.39 is 12.5 Å². The number of carbonyl (C=O) groups excluding carboxylic acids is 1. The van der Waals surface area contributed by atoms with Crippen LogP contribution in [0, 0.1) is 11.8 Å². The van der Waals surface area contributed by atoms with Gasteiger partial charge in [0.1, 0.15) is 11.9 Å². The van der Waals surface area contributed by atoms with E-state index in [4.69, 9.17) is 15.2 Å². The minimum absolute atomic E-state index is 0.0245. The van der Waals surface area contributed by atoms with Crippen LogP contribution in [-0.2, 0) is 4.74 Å². The van der Waals surface area contributed by atoms with Gasteiger partial charge in [0.05, 0.1) is 6.61 Å². The summed E-state index contributed by atoms with van der Waals surface area (Å²) in [6, 6.07) is 4.71. The van der Waals surface area contributed by atoms with Crippen LogP contribution in [0.2, 0.25) is 0 Å². The van der Waals surface area contributed by atoms with E-state index in [-0.39, 0.29) is 23.5 Å². The first-order chi connectivity index (χ1) is 11.9. The van der Waals surface area contributed by atoms with Crippen molar-refractivity contribution in [2.24, 2.45) is 17.6 Å². The summed E-state index contributed by atoms with van der Waals surface area (Å²) in [5.74, 6) is 1.61. The van der Waals surface area contributed by atoms with Crippen LogP contribution >= 0.6 is 0 Å². The monoisotopic (exact) mass is 353 g/mol. The fraction of sp³-hybridized carbons (Fsp3) is 0.632. The average Bonchev–Trinajstić information content (AvgIpc) is 3.37. The van der Waals surface area contributed by atoms with Gasteiger partial charge in [0.15, 0.2) is 0 Å². The second-order valence-corrected chi connectivity index (χ2v) is 7.31. The third-order valence-electron chi connectivity index (χ3n) is 5.26. The molecule has 25 heavy (non-hydrogen) atoms. The van der Waals surface area contributed by atoms with Crippen molar-refractivity contribution in [2.45, 2.75) is 57.5 Å². The number of benzene rings is 1. The van der Waals surface area contributed by atoms with Gasteiger partial charge in [0.2, 0.25) is 0 Å². The number of hydrogen-bond acceptors (Lipinski definition) is 3. The zero-order valence-corrected chi connectivity index (χ0v) is 14.4. The number of ether oxygens (including phenoxy) is 2. The number of carbonyl (C=O) groups is 1. The van der Waals surface area contributed by atoms with Crippen molar-refractivity contribution >= 4 is 6.09 Å². The number of alkyl halides is 2. The van der Waals surface area contributed by atoms with Crippen molar-refractivity contribution in [2.75, 3.05) is 6.61 Å². The quantitative estimate of drug-likeness (QED) is 0.800. The summed E-state index contributed by atoms with van der Waals surface area (Å²) < 4.78 is 37.4. The molecular weight excluding hydrogens is 328 g/mol. The van der Waals surface area contributed by atoms with E-state index in [1.54, 1.807) is 12.1 Å². The SMILES string of the molecule is CC1CC(OC(N)=O)CCC1c1cc(C(F)F)ccc1OCC1CC1. The number of primary amides is 1. The van der Waals surface area contributed by atoms with Crippen LogP contribution in [0.3, 0.4) is 0 Å². The first-order valence-corrected chi connectivity index (χ1v) is 8.95. The highest BCUT2D eigenvalue weighted by atomic mass is 19.3. The van der Waals surface area contributed by atoms with E-state index in [0.717, 1.165) is 12.0 Å². The van der Waals surface area contributed by atoms with Crippen LogP contribution < -0.4 is 10.5 Å². The van der Waals surface area contributed by atoms with Crippen LogP contribution in [0.5, 0.6) is 5.75 Å². The fourth-order valence-electron chi connectivity index (χ4n) is 3.70. The highest BCUT2D eigenvalue weighted by molar-refractivity contribution is 5.64. The molecule has 1 aromatic carbocycles. The molecule has 0 bridgehead atoms. The summed E-state index contributed by atoms with van der Waals surface area (Å²) in [6.45, 7) is 2.70. The van der Waals surface area contributed by atoms with Crippen molar-refractivity contribution in [1.29, 1.82) is 0 Å². The molecule has 6 heteroatoms. The molecule has 0 aromatic heterocycles. The molecule has 0 radical (unpaired) electrons. The summed E-state index contributed by atoms with van der Waals surface area (Å²) in [5.41, 5.74) is 5.98. The smallest absolute Gasteiger partial charge is 0.404 e. The van der Waals surface area contributed by atoms with Gasteiger partial charge in [-0.25, -0.2) is 13.6 Å². The van der Waals surface area contributed by atoms with Crippen LogP contribution in [-0.4, -0.2) is 18.8 Å². The Bertz CT molecular complexity index is 619. The van der Waals surface area contributed by atoms with Gasteiger partial charge in [-0.1, -0.05) is 6.92 Å². The maximum absolute atomic E-state index is 13.2. The Morgan fingerprint density at radius 3 is 2.64 bits per heavy atom. The highest BCUT2D eigenvalue weighted by Gasteiger charge is 2.33. The molecule has 138 valence electrons. The molecule has 4 nitrogen and oxygen atoms in total. The lowest BCUT2D eigenvalue weighted by molar-refractivity contribution is 0.0618. The van der Waals surface area contributed by atoms with Crippen LogP contribution in [0.25, 0.3) is 0 Å². The Morgan fingerprint density at radius 2 is 2.04 bits per heavy atom. The van der Waals surface area contributed by atoms with Gasteiger partial charge >= 0.3 is 6.09 Å². The summed E-state index contributed by atoms with van der Waals surface area (Å²) in [5, 5.41) is 0. The third kappa shape index (κ3) is 4.61. The molecule has 0 aliphatic heterocycles. The van der Waals surface area contributed by atoms with Gasteiger partial charge in [-0.2, -0.15) is 0 Å². The topological polar surface area (TPSA) is 61.5 Å². The molecule has 3 rings (SSSR count). The Morgan fingerprint density at radius 1 is 1.28 bits per heavy atom. The fourth-order valence-corrected chi connectivity index (χ4v) is 3.70. The Hall–Kier alpha value is -1.85. The summed E-state index contributed by atoms with van der Waals surface area (Å²) in [4.78, 5) is 11.0. The van der Waals surface area contributed by atoms with E-state index >= 15 is 0 Å². The lowest BCUT2D eigenvalue weighted by Gasteiger charge is -2.34. The molecule has 2 fully saturated rings. The number of rotatable bonds is 6. The molecule has 2 N–H and O–H groups in total. The van der Waals surface area contributed by atoms with E-state index in [1.165, 1.54) is 18.9 Å².